The van der Waals surface area contributed by atoms with Gasteiger partial charge in [0.2, 0.25) is 5.76 Å². The average Bonchev–Trinajstić information content (AvgIpc) is 2.47. The quantitative estimate of drug-likeness (QED) is 0.885. The molecule has 1 amide bonds. The number of nitrogens with one attached hydrogen (secondary N) is 1. The van der Waals surface area contributed by atoms with Gasteiger partial charge in [0.05, 0.1) is 12.3 Å². The zero-order valence-corrected chi connectivity index (χ0v) is 10.8. The number of hydrogen-bond acceptors (Lipinski definition) is 4. The predicted octanol–water partition coefficient (Wildman–Crippen LogP) is 2.30. The van der Waals surface area contributed by atoms with Gasteiger partial charge in [-0.25, -0.2) is 0 Å². The minimum atomic E-state index is -0.341. The Bertz CT molecular complexity index is 470. The highest BCUT2D eigenvalue weighted by atomic mass is 16.6. The minimum Gasteiger partial charge on any atom is -0.494 e. The lowest BCUT2D eigenvalue weighted by Gasteiger charge is -2.16. The van der Waals surface area contributed by atoms with Gasteiger partial charge >= 0.3 is 0 Å². The summed E-state index contributed by atoms with van der Waals surface area (Å²) in [5, 5.41) is 2.75. The van der Waals surface area contributed by atoms with E-state index in [0.29, 0.717) is 31.3 Å². The van der Waals surface area contributed by atoms with Gasteiger partial charge in [-0.3, -0.25) is 4.79 Å². The van der Waals surface area contributed by atoms with Gasteiger partial charge in [0.15, 0.2) is 0 Å². The number of para-hydroxylation sites is 2. The smallest absolute Gasteiger partial charge is 0.294 e. The van der Waals surface area contributed by atoms with Gasteiger partial charge in [-0.2, -0.15) is 0 Å². The molecule has 5 nitrogen and oxygen atoms in total. The van der Waals surface area contributed by atoms with Crippen LogP contribution in [-0.4, -0.2) is 25.7 Å². The van der Waals surface area contributed by atoms with Gasteiger partial charge < -0.3 is 19.5 Å². The summed E-state index contributed by atoms with van der Waals surface area (Å²) in [6.07, 6.45) is 2.23. The lowest BCUT2D eigenvalue weighted by molar-refractivity contribution is -0.117. The Morgan fingerprint density at radius 1 is 1.37 bits per heavy atom. The highest BCUT2D eigenvalue weighted by Crippen LogP contribution is 2.24. The van der Waals surface area contributed by atoms with Gasteiger partial charge in [-0.05, 0) is 18.6 Å². The van der Waals surface area contributed by atoms with Crippen LogP contribution in [0.1, 0.15) is 13.3 Å². The maximum absolute atomic E-state index is 12.0. The van der Waals surface area contributed by atoms with Crippen LogP contribution in [0.15, 0.2) is 36.3 Å². The summed E-state index contributed by atoms with van der Waals surface area (Å²) in [7, 11) is 0. The van der Waals surface area contributed by atoms with Crippen molar-refractivity contribution in [2.24, 2.45) is 0 Å². The van der Waals surface area contributed by atoms with E-state index in [2.05, 4.69) is 5.32 Å². The molecule has 0 saturated heterocycles. The molecule has 1 aromatic carbocycles. The van der Waals surface area contributed by atoms with Crippen molar-refractivity contribution in [2.45, 2.75) is 13.3 Å². The Balaban J connectivity index is 2.05. The number of carbonyl (C=O) groups excluding carboxylic acids is 1. The van der Waals surface area contributed by atoms with Crippen molar-refractivity contribution in [1.82, 2.24) is 0 Å². The molecule has 0 aliphatic carbocycles. The van der Waals surface area contributed by atoms with E-state index >= 15 is 0 Å². The summed E-state index contributed by atoms with van der Waals surface area (Å²) in [6, 6.07) is 7.30. The van der Waals surface area contributed by atoms with Crippen molar-refractivity contribution in [3.05, 3.63) is 36.3 Å². The molecule has 19 heavy (non-hydrogen) atoms. The maximum Gasteiger partial charge on any atom is 0.294 e. The SMILES string of the molecule is CCCOc1ccccc1NC(=O)C1=COCCO1. The molecule has 0 fully saturated rings. The van der Waals surface area contributed by atoms with Crippen molar-refractivity contribution in [2.75, 3.05) is 25.1 Å². The van der Waals surface area contributed by atoms with Crippen molar-refractivity contribution >= 4 is 11.6 Å². The second-order valence-electron chi connectivity index (χ2n) is 4.00. The Hall–Kier alpha value is -2.17. The molecule has 1 heterocycles. The highest BCUT2D eigenvalue weighted by molar-refractivity contribution is 6.02. The Morgan fingerprint density at radius 3 is 2.95 bits per heavy atom. The number of rotatable bonds is 5. The number of carbonyl (C=O) groups is 1. The van der Waals surface area contributed by atoms with Crippen LogP contribution in [0.3, 0.4) is 0 Å². The molecular formula is C14H17NO4. The molecule has 1 N–H and O–H groups in total. The van der Waals surface area contributed by atoms with Crippen LogP contribution >= 0.6 is 0 Å². The van der Waals surface area contributed by atoms with Crippen molar-refractivity contribution in [3.8, 4) is 5.75 Å². The first-order chi connectivity index (χ1) is 9.31. The second kappa shape index (κ2) is 6.68. The second-order valence-corrected chi connectivity index (χ2v) is 4.00. The largest absolute Gasteiger partial charge is 0.494 e. The van der Waals surface area contributed by atoms with E-state index in [0.717, 1.165) is 6.42 Å². The summed E-state index contributed by atoms with van der Waals surface area (Å²) in [6.45, 7) is 3.48. The van der Waals surface area contributed by atoms with E-state index < -0.39 is 0 Å². The lowest BCUT2D eigenvalue weighted by atomic mass is 10.3. The lowest BCUT2D eigenvalue weighted by Crippen LogP contribution is -2.21. The number of amides is 1. The molecule has 0 unspecified atom stereocenters. The Morgan fingerprint density at radius 2 is 2.21 bits per heavy atom. The van der Waals surface area contributed by atoms with Crippen LogP contribution < -0.4 is 10.1 Å². The first-order valence-electron chi connectivity index (χ1n) is 6.29. The summed E-state index contributed by atoms with van der Waals surface area (Å²) in [5.41, 5.74) is 0.621. The molecule has 1 aliphatic rings. The van der Waals surface area contributed by atoms with E-state index in [4.69, 9.17) is 14.2 Å². The standard InChI is InChI=1S/C14H17NO4/c1-2-7-18-12-6-4-3-5-11(12)15-14(16)13-10-17-8-9-19-13/h3-6,10H,2,7-9H2,1H3,(H,15,16). The molecule has 0 aromatic heterocycles. The van der Waals surface area contributed by atoms with Crippen LogP contribution in [0.25, 0.3) is 0 Å². The monoisotopic (exact) mass is 263 g/mol. The predicted molar refractivity (Wildman–Crippen MR) is 70.8 cm³/mol. The molecule has 0 atom stereocenters. The normalized spacial score (nSPS) is 13.8. The van der Waals surface area contributed by atoms with Crippen molar-refractivity contribution in [1.29, 1.82) is 0 Å². The molecule has 2 rings (SSSR count). The molecule has 102 valence electrons. The summed E-state index contributed by atoms with van der Waals surface area (Å²) >= 11 is 0. The summed E-state index contributed by atoms with van der Waals surface area (Å²) < 4.78 is 15.8. The number of hydrogen-bond donors (Lipinski definition) is 1. The van der Waals surface area contributed by atoms with Gasteiger partial charge in [0.1, 0.15) is 25.2 Å². The number of benzene rings is 1. The van der Waals surface area contributed by atoms with E-state index in [1.807, 2.05) is 25.1 Å². The topological polar surface area (TPSA) is 56.8 Å². The molecule has 0 saturated carbocycles. The minimum absolute atomic E-state index is 0.177. The van der Waals surface area contributed by atoms with Gasteiger partial charge in [-0.15, -0.1) is 0 Å². The van der Waals surface area contributed by atoms with E-state index in [-0.39, 0.29) is 11.7 Å². The first kappa shape index (κ1) is 13.3. The Labute approximate surface area is 112 Å². The third kappa shape index (κ3) is 3.64. The molecule has 0 spiro atoms. The molecule has 5 heteroatoms. The molecule has 0 bridgehead atoms. The zero-order valence-electron chi connectivity index (χ0n) is 10.8. The fourth-order valence-electron chi connectivity index (χ4n) is 1.58. The third-order valence-electron chi connectivity index (χ3n) is 2.47. The zero-order chi connectivity index (χ0) is 13.5. The Kier molecular flexibility index (Phi) is 4.66. The van der Waals surface area contributed by atoms with Crippen molar-refractivity contribution < 1.29 is 19.0 Å². The van der Waals surface area contributed by atoms with Gasteiger partial charge in [0, 0.05) is 0 Å². The van der Waals surface area contributed by atoms with E-state index in [1.54, 1.807) is 6.07 Å². The van der Waals surface area contributed by atoms with Gasteiger partial charge in [0.25, 0.3) is 5.91 Å². The molecule has 1 aliphatic heterocycles. The fraction of sp³-hybridized carbons (Fsp3) is 0.357. The van der Waals surface area contributed by atoms with Gasteiger partial charge in [-0.1, -0.05) is 19.1 Å². The van der Waals surface area contributed by atoms with E-state index in [9.17, 15) is 4.79 Å². The van der Waals surface area contributed by atoms with Crippen LogP contribution in [0.2, 0.25) is 0 Å². The fourth-order valence-corrected chi connectivity index (χ4v) is 1.58. The third-order valence-corrected chi connectivity index (χ3v) is 2.47. The number of anilines is 1. The maximum atomic E-state index is 12.0. The van der Waals surface area contributed by atoms with Crippen molar-refractivity contribution in [3.63, 3.8) is 0 Å². The first-order valence-corrected chi connectivity index (χ1v) is 6.29. The van der Waals surface area contributed by atoms with Crippen LogP contribution in [0, 0.1) is 0 Å². The average molecular weight is 263 g/mol. The highest BCUT2D eigenvalue weighted by Gasteiger charge is 2.16. The van der Waals surface area contributed by atoms with Crippen LogP contribution in [-0.2, 0) is 14.3 Å². The molecule has 1 aromatic rings. The number of ether oxygens (including phenoxy) is 3. The summed E-state index contributed by atoms with van der Waals surface area (Å²) in [4.78, 5) is 12.0. The van der Waals surface area contributed by atoms with Crippen LogP contribution in [0.4, 0.5) is 5.69 Å². The van der Waals surface area contributed by atoms with E-state index in [1.165, 1.54) is 6.26 Å². The molecular weight excluding hydrogens is 246 g/mol. The van der Waals surface area contributed by atoms with Crippen LogP contribution in [0.5, 0.6) is 5.75 Å². The molecule has 0 radical (unpaired) electrons. The summed E-state index contributed by atoms with van der Waals surface area (Å²) in [5.74, 6) is 0.485.